The van der Waals surface area contributed by atoms with E-state index in [0.717, 1.165) is 31.2 Å². The van der Waals surface area contributed by atoms with Gasteiger partial charge in [0.1, 0.15) is 6.04 Å². The molecule has 1 saturated carbocycles. The number of benzene rings is 1. The van der Waals surface area contributed by atoms with Crippen LogP contribution in [0.5, 0.6) is 0 Å². The molecule has 5 nitrogen and oxygen atoms in total. The molecule has 3 unspecified atom stereocenters. The van der Waals surface area contributed by atoms with Crippen molar-refractivity contribution in [1.29, 1.82) is 0 Å². The number of nitrogens with one attached hydrogen (secondary N) is 2. The van der Waals surface area contributed by atoms with Crippen molar-refractivity contribution in [2.24, 2.45) is 11.8 Å². The third-order valence-electron chi connectivity index (χ3n) is 4.87. The minimum atomic E-state index is -0.567. The lowest BCUT2D eigenvalue weighted by molar-refractivity contribution is -0.124. The third-order valence-corrected chi connectivity index (χ3v) is 4.87. The van der Waals surface area contributed by atoms with Gasteiger partial charge in [-0.3, -0.25) is 9.59 Å². The molecule has 0 radical (unpaired) electrons. The first kappa shape index (κ1) is 19.4. The lowest BCUT2D eigenvalue weighted by Gasteiger charge is -2.27. The number of hydrogen-bond acceptors (Lipinski definition) is 3. The van der Waals surface area contributed by atoms with Crippen molar-refractivity contribution in [2.45, 2.75) is 58.6 Å². The van der Waals surface area contributed by atoms with E-state index in [1.54, 1.807) is 12.1 Å². The summed E-state index contributed by atoms with van der Waals surface area (Å²) in [5.41, 5.74) is 1.64. The molecule has 5 heteroatoms. The Morgan fingerprint density at radius 1 is 1.20 bits per heavy atom. The predicted octanol–water partition coefficient (Wildman–Crippen LogP) is 2.42. The highest BCUT2D eigenvalue weighted by Gasteiger charge is 2.26. The van der Waals surface area contributed by atoms with Crippen molar-refractivity contribution in [3.8, 4) is 0 Å². The van der Waals surface area contributed by atoms with E-state index in [0.29, 0.717) is 18.0 Å². The predicted molar refractivity (Wildman–Crippen MR) is 98.2 cm³/mol. The van der Waals surface area contributed by atoms with Gasteiger partial charge in [-0.25, -0.2) is 0 Å². The normalized spacial score (nSPS) is 21.6. The van der Waals surface area contributed by atoms with E-state index >= 15 is 0 Å². The van der Waals surface area contributed by atoms with Gasteiger partial charge in [0.2, 0.25) is 5.91 Å². The lowest BCUT2D eigenvalue weighted by atomic mass is 9.87. The largest absolute Gasteiger partial charge is 0.393 e. The maximum Gasteiger partial charge on any atom is 0.251 e. The molecule has 1 aliphatic carbocycles. The zero-order valence-electron chi connectivity index (χ0n) is 15.4. The summed E-state index contributed by atoms with van der Waals surface area (Å²) in [6.07, 6.45) is 3.37. The van der Waals surface area contributed by atoms with Crippen LogP contribution < -0.4 is 10.6 Å². The van der Waals surface area contributed by atoms with Crippen LogP contribution in [-0.2, 0) is 4.79 Å². The van der Waals surface area contributed by atoms with Crippen LogP contribution in [0, 0.1) is 18.8 Å². The minimum absolute atomic E-state index is 0.00801. The van der Waals surface area contributed by atoms with Gasteiger partial charge in [-0.15, -0.1) is 0 Å². The maximum atomic E-state index is 12.5. The van der Waals surface area contributed by atoms with Crippen molar-refractivity contribution in [1.82, 2.24) is 10.6 Å². The van der Waals surface area contributed by atoms with Gasteiger partial charge in [-0.05, 0) is 50.2 Å². The molecule has 2 rings (SSSR count). The fraction of sp³-hybridized carbons (Fsp3) is 0.600. The van der Waals surface area contributed by atoms with Crippen molar-refractivity contribution in [2.75, 3.05) is 6.54 Å². The lowest BCUT2D eigenvalue weighted by Crippen LogP contribution is -2.50. The molecule has 2 amide bonds. The van der Waals surface area contributed by atoms with Gasteiger partial charge in [-0.2, -0.15) is 0 Å². The maximum absolute atomic E-state index is 12.5. The third kappa shape index (κ3) is 5.85. The Hall–Kier alpha value is -1.88. The second-order valence-corrected chi connectivity index (χ2v) is 7.49. The van der Waals surface area contributed by atoms with Crippen LogP contribution in [0.15, 0.2) is 24.3 Å². The van der Waals surface area contributed by atoms with Crippen LogP contribution in [-0.4, -0.2) is 35.6 Å². The average Bonchev–Trinajstić information content (AvgIpc) is 2.57. The molecule has 0 bridgehead atoms. The van der Waals surface area contributed by atoms with Crippen LogP contribution in [0.25, 0.3) is 0 Å². The highest BCUT2D eigenvalue weighted by atomic mass is 16.3. The molecule has 138 valence electrons. The van der Waals surface area contributed by atoms with E-state index < -0.39 is 6.04 Å². The Bertz CT molecular complexity index is 583. The average molecular weight is 346 g/mol. The number of hydrogen-bond donors (Lipinski definition) is 3. The first-order valence-corrected chi connectivity index (χ1v) is 9.20. The number of carbonyl (C=O) groups excluding carboxylic acids is 2. The van der Waals surface area contributed by atoms with Crippen molar-refractivity contribution >= 4 is 11.8 Å². The Labute approximate surface area is 150 Å². The highest BCUT2D eigenvalue weighted by Crippen LogP contribution is 2.23. The molecular weight excluding hydrogens is 316 g/mol. The van der Waals surface area contributed by atoms with Gasteiger partial charge in [0, 0.05) is 12.1 Å². The summed E-state index contributed by atoms with van der Waals surface area (Å²) in [4.78, 5) is 24.9. The Balaban J connectivity index is 1.91. The topological polar surface area (TPSA) is 78.4 Å². The molecule has 1 fully saturated rings. The number of aliphatic hydroxyl groups is 1. The van der Waals surface area contributed by atoms with Gasteiger partial charge in [-0.1, -0.05) is 38.0 Å². The fourth-order valence-corrected chi connectivity index (χ4v) is 3.27. The molecular formula is C20H30N2O3. The van der Waals surface area contributed by atoms with Gasteiger partial charge >= 0.3 is 0 Å². The number of carbonyl (C=O) groups is 2. The van der Waals surface area contributed by atoms with Crippen molar-refractivity contribution < 1.29 is 14.7 Å². The van der Waals surface area contributed by atoms with Gasteiger partial charge in [0.15, 0.2) is 0 Å². The summed E-state index contributed by atoms with van der Waals surface area (Å²) >= 11 is 0. The molecule has 25 heavy (non-hydrogen) atoms. The smallest absolute Gasteiger partial charge is 0.251 e. The summed E-state index contributed by atoms with van der Waals surface area (Å²) in [5, 5.41) is 15.5. The summed E-state index contributed by atoms with van der Waals surface area (Å²) in [6, 6.07) is 6.73. The molecule has 1 aromatic rings. The molecule has 0 aliphatic heterocycles. The first-order valence-electron chi connectivity index (χ1n) is 9.20. The number of aryl methyl sites for hydroxylation is 1. The SMILES string of the molecule is Cc1ccc(C(=O)NC(C(=O)NCC2CCCC(O)C2)C(C)C)cc1. The zero-order chi connectivity index (χ0) is 18.4. The number of aliphatic hydroxyl groups excluding tert-OH is 1. The van der Waals surface area contributed by atoms with E-state index in [1.165, 1.54) is 0 Å². The van der Waals surface area contributed by atoms with Crippen LogP contribution in [0.1, 0.15) is 55.5 Å². The minimum Gasteiger partial charge on any atom is -0.393 e. The molecule has 0 aromatic heterocycles. The van der Waals surface area contributed by atoms with Crippen LogP contribution in [0.3, 0.4) is 0 Å². The monoisotopic (exact) mass is 346 g/mol. The van der Waals surface area contributed by atoms with E-state index in [-0.39, 0.29) is 23.8 Å². The summed E-state index contributed by atoms with van der Waals surface area (Å²) < 4.78 is 0. The van der Waals surface area contributed by atoms with Crippen LogP contribution in [0.4, 0.5) is 0 Å². The molecule has 0 spiro atoms. The fourth-order valence-electron chi connectivity index (χ4n) is 3.27. The van der Waals surface area contributed by atoms with E-state index in [2.05, 4.69) is 10.6 Å². The Kier molecular flexibility index (Phi) is 7.00. The van der Waals surface area contributed by atoms with E-state index in [1.807, 2.05) is 32.9 Å². The zero-order valence-corrected chi connectivity index (χ0v) is 15.4. The molecule has 1 aliphatic rings. The van der Waals surface area contributed by atoms with E-state index in [4.69, 9.17) is 0 Å². The second-order valence-electron chi connectivity index (χ2n) is 7.49. The molecule has 3 N–H and O–H groups in total. The van der Waals surface area contributed by atoms with Gasteiger partial charge in [0.25, 0.3) is 5.91 Å². The summed E-state index contributed by atoms with van der Waals surface area (Å²) in [5.74, 6) is -0.0860. The highest BCUT2D eigenvalue weighted by molar-refractivity contribution is 5.97. The molecule has 3 atom stereocenters. The van der Waals surface area contributed by atoms with Crippen LogP contribution in [0.2, 0.25) is 0 Å². The molecule has 0 heterocycles. The van der Waals surface area contributed by atoms with Crippen molar-refractivity contribution in [3.63, 3.8) is 0 Å². The molecule has 1 aromatic carbocycles. The molecule has 0 saturated heterocycles. The van der Waals surface area contributed by atoms with Gasteiger partial charge < -0.3 is 15.7 Å². The summed E-state index contributed by atoms with van der Waals surface area (Å²) in [6.45, 7) is 6.36. The Morgan fingerprint density at radius 2 is 1.88 bits per heavy atom. The number of amides is 2. The van der Waals surface area contributed by atoms with Crippen LogP contribution >= 0.6 is 0 Å². The quantitative estimate of drug-likeness (QED) is 0.740. The second kappa shape index (κ2) is 8.99. The van der Waals surface area contributed by atoms with Gasteiger partial charge in [0.05, 0.1) is 6.10 Å². The standard InChI is InChI=1S/C20H30N2O3/c1-13(2)18(22-19(24)16-9-7-14(3)8-10-16)20(25)21-12-15-5-4-6-17(23)11-15/h7-10,13,15,17-18,23H,4-6,11-12H2,1-3H3,(H,21,25)(H,22,24). The summed E-state index contributed by atoms with van der Waals surface area (Å²) in [7, 11) is 0. The Morgan fingerprint density at radius 3 is 2.48 bits per heavy atom. The van der Waals surface area contributed by atoms with Crippen molar-refractivity contribution in [3.05, 3.63) is 35.4 Å². The number of rotatable bonds is 6. The first-order chi connectivity index (χ1) is 11.9. The van der Waals surface area contributed by atoms with E-state index in [9.17, 15) is 14.7 Å².